The van der Waals surface area contributed by atoms with Gasteiger partial charge in [0.2, 0.25) is 0 Å². The number of amides is 2. The molecule has 1 aliphatic rings. The normalized spacial score (nSPS) is 14.5. The minimum absolute atomic E-state index is 0.0270. The molecule has 0 radical (unpaired) electrons. The van der Waals surface area contributed by atoms with Crippen molar-refractivity contribution in [2.24, 2.45) is 0 Å². The lowest BCUT2D eigenvalue weighted by atomic mass is 10.0. The van der Waals surface area contributed by atoms with Gasteiger partial charge < -0.3 is 10.6 Å². The maximum absolute atomic E-state index is 12.2. The maximum atomic E-state index is 12.2. The second-order valence-corrected chi connectivity index (χ2v) is 6.83. The summed E-state index contributed by atoms with van der Waals surface area (Å²) in [6.07, 6.45) is 3.70. The molecule has 0 bridgehead atoms. The van der Waals surface area contributed by atoms with E-state index in [0.29, 0.717) is 26.1 Å². The van der Waals surface area contributed by atoms with Crippen molar-refractivity contribution < 1.29 is 4.79 Å². The van der Waals surface area contributed by atoms with E-state index in [4.69, 9.17) is 0 Å². The molecule has 2 amide bonds. The standard InChI is InChI=1S/C19H27N5O2/c1-15(16-8-3-2-4-9-16)14-21-18(25)20-11-7-13-24-19(26)23-12-6-5-10-17(23)22-24/h2-4,8-9,15H,5-7,10-14H2,1H3,(H2,20,21,25). The largest absolute Gasteiger partial charge is 0.345 e. The summed E-state index contributed by atoms with van der Waals surface area (Å²) in [5.74, 6) is 1.15. The highest BCUT2D eigenvalue weighted by molar-refractivity contribution is 5.73. The molecule has 0 spiro atoms. The lowest BCUT2D eigenvalue weighted by Crippen LogP contribution is -2.38. The van der Waals surface area contributed by atoms with Gasteiger partial charge in [0.25, 0.3) is 0 Å². The summed E-state index contributed by atoms with van der Waals surface area (Å²) in [5.41, 5.74) is 1.18. The summed E-state index contributed by atoms with van der Waals surface area (Å²) in [5, 5.41) is 10.1. The average Bonchev–Trinajstić information content (AvgIpc) is 3.00. The number of hydrogen-bond acceptors (Lipinski definition) is 3. The van der Waals surface area contributed by atoms with E-state index >= 15 is 0 Å². The molecule has 0 saturated heterocycles. The van der Waals surface area contributed by atoms with Crippen LogP contribution in [-0.2, 0) is 19.5 Å². The molecule has 7 heteroatoms. The minimum atomic E-state index is -0.177. The van der Waals surface area contributed by atoms with Crippen molar-refractivity contribution in [2.45, 2.75) is 51.6 Å². The van der Waals surface area contributed by atoms with Crippen LogP contribution in [0, 0.1) is 0 Å². The molecule has 1 aliphatic heterocycles. The van der Waals surface area contributed by atoms with E-state index in [0.717, 1.165) is 31.6 Å². The summed E-state index contributed by atoms with van der Waals surface area (Å²) in [6.45, 7) is 4.49. The number of hydrogen-bond donors (Lipinski definition) is 2. The molecular weight excluding hydrogens is 330 g/mol. The van der Waals surface area contributed by atoms with Gasteiger partial charge in [-0.25, -0.2) is 14.3 Å². The molecule has 26 heavy (non-hydrogen) atoms. The van der Waals surface area contributed by atoms with Gasteiger partial charge >= 0.3 is 11.7 Å². The Morgan fingerprint density at radius 1 is 1.23 bits per heavy atom. The molecule has 1 aromatic carbocycles. The molecule has 140 valence electrons. The maximum Gasteiger partial charge on any atom is 0.345 e. The fourth-order valence-electron chi connectivity index (χ4n) is 3.23. The van der Waals surface area contributed by atoms with Gasteiger partial charge in [-0.2, -0.15) is 5.10 Å². The highest BCUT2D eigenvalue weighted by Crippen LogP contribution is 2.12. The molecule has 0 fully saturated rings. The van der Waals surface area contributed by atoms with Crippen molar-refractivity contribution >= 4 is 6.03 Å². The number of nitrogens with zero attached hydrogens (tertiary/aromatic N) is 3. The van der Waals surface area contributed by atoms with E-state index in [1.165, 1.54) is 10.2 Å². The van der Waals surface area contributed by atoms with E-state index in [9.17, 15) is 9.59 Å². The molecule has 1 unspecified atom stereocenters. The quantitative estimate of drug-likeness (QED) is 0.743. The van der Waals surface area contributed by atoms with Gasteiger partial charge in [-0.1, -0.05) is 37.3 Å². The third kappa shape index (κ3) is 4.53. The van der Waals surface area contributed by atoms with E-state index in [1.807, 2.05) is 18.2 Å². The van der Waals surface area contributed by atoms with Crippen LogP contribution in [0.5, 0.6) is 0 Å². The molecule has 2 N–H and O–H groups in total. The fraction of sp³-hybridized carbons (Fsp3) is 0.526. The van der Waals surface area contributed by atoms with Crippen molar-refractivity contribution in [3.63, 3.8) is 0 Å². The number of rotatable bonds is 7. The Morgan fingerprint density at radius 2 is 2.04 bits per heavy atom. The Balaban J connectivity index is 1.37. The fourth-order valence-corrected chi connectivity index (χ4v) is 3.23. The zero-order chi connectivity index (χ0) is 18.4. The molecule has 0 saturated carbocycles. The highest BCUT2D eigenvalue weighted by atomic mass is 16.2. The van der Waals surface area contributed by atoms with Crippen molar-refractivity contribution in [1.29, 1.82) is 0 Å². The Bertz CT molecular complexity index is 781. The van der Waals surface area contributed by atoms with Crippen LogP contribution in [0.2, 0.25) is 0 Å². The summed E-state index contributed by atoms with van der Waals surface area (Å²) >= 11 is 0. The Kier molecular flexibility index (Phi) is 6.09. The highest BCUT2D eigenvalue weighted by Gasteiger charge is 2.16. The number of carbonyl (C=O) groups excluding carboxylic acids is 1. The second kappa shape index (κ2) is 8.69. The first-order valence-corrected chi connectivity index (χ1v) is 9.38. The number of carbonyl (C=O) groups is 1. The monoisotopic (exact) mass is 357 g/mol. The van der Waals surface area contributed by atoms with Crippen molar-refractivity contribution in [3.05, 3.63) is 52.2 Å². The zero-order valence-corrected chi connectivity index (χ0v) is 15.3. The van der Waals surface area contributed by atoms with Crippen LogP contribution in [-0.4, -0.2) is 33.5 Å². The summed E-state index contributed by atoms with van der Waals surface area (Å²) < 4.78 is 3.30. The molecular formula is C19H27N5O2. The molecule has 0 aliphatic carbocycles. The van der Waals surface area contributed by atoms with Crippen LogP contribution >= 0.6 is 0 Å². The van der Waals surface area contributed by atoms with Gasteiger partial charge in [0, 0.05) is 32.6 Å². The molecule has 3 rings (SSSR count). The Labute approximate surface area is 153 Å². The molecule has 7 nitrogen and oxygen atoms in total. The van der Waals surface area contributed by atoms with Crippen molar-refractivity contribution in [3.8, 4) is 0 Å². The van der Waals surface area contributed by atoms with Gasteiger partial charge in [0.1, 0.15) is 5.82 Å². The van der Waals surface area contributed by atoms with Gasteiger partial charge in [-0.05, 0) is 30.7 Å². The van der Waals surface area contributed by atoms with Crippen molar-refractivity contribution in [1.82, 2.24) is 25.0 Å². The first-order chi connectivity index (χ1) is 12.6. The predicted molar refractivity (Wildman–Crippen MR) is 100 cm³/mol. The summed E-state index contributed by atoms with van der Waals surface area (Å²) in [6, 6.07) is 9.93. The summed E-state index contributed by atoms with van der Waals surface area (Å²) in [4.78, 5) is 24.1. The predicted octanol–water partition coefficient (Wildman–Crippen LogP) is 1.87. The zero-order valence-electron chi connectivity index (χ0n) is 15.3. The lowest BCUT2D eigenvalue weighted by Gasteiger charge is -2.13. The smallest absolute Gasteiger partial charge is 0.338 e. The topological polar surface area (TPSA) is 81.0 Å². The van der Waals surface area contributed by atoms with E-state index in [1.54, 1.807) is 4.57 Å². The van der Waals surface area contributed by atoms with Crippen LogP contribution in [0.4, 0.5) is 4.79 Å². The number of aromatic nitrogens is 3. The lowest BCUT2D eigenvalue weighted by molar-refractivity contribution is 0.240. The van der Waals surface area contributed by atoms with Gasteiger partial charge in [0.05, 0.1) is 0 Å². The third-order valence-electron chi connectivity index (χ3n) is 4.80. The second-order valence-electron chi connectivity index (χ2n) is 6.83. The molecule has 2 heterocycles. The van der Waals surface area contributed by atoms with Crippen LogP contribution in [0.3, 0.4) is 0 Å². The van der Waals surface area contributed by atoms with Gasteiger partial charge in [-0.3, -0.25) is 4.57 Å². The first-order valence-electron chi connectivity index (χ1n) is 9.38. The van der Waals surface area contributed by atoms with E-state index in [-0.39, 0.29) is 17.6 Å². The third-order valence-corrected chi connectivity index (χ3v) is 4.80. The van der Waals surface area contributed by atoms with Crippen LogP contribution in [0.1, 0.15) is 43.5 Å². The number of fused-ring (bicyclic) bond motifs is 1. The van der Waals surface area contributed by atoms with Crippen LogP contribution in [0.15, 0.2) is 35.1 Å². The molecule has 2 aromatic rings. The van der Waals surface area contributed by atoms with Crippen molar-refractivity contribution in [2.75, 3.05) is 13.1 Å². The molecule has 1 aromatic heterocycles. The number of benzene rings is 1. The average molecular weight is 357 g/mol. The minimum Gasteiger partial charge on any atom is -0.338 e. The van der Waals surface area contributed by atoms with Gasteiger partial charge in [0.15, 0.2) is 0 Å². The number of nitrogens with one attached hydrogen (secondary N) is 2. The Morgan fingerprint density at radius 3 is 2.81 bits per heavy atom. The first kappa shape index (κ1) is 18.2. The molecule has 1 atom stereocenters. The van der Waals surface area contributed by atoms with Crippen LogP contribution < -0.4 is 16.3 Å². The van der Waals surface area contributed by atoms with Crippen LogP contribution in [0.25, 0.3) is 0 Å². The number of aryl methyl sites for hydroxylation is 2. The Hall–Kier alpha value is -2.57. The SMILES string of the molecule is CC(CNC(=O)NCCCn1nc2n(c1=O)CCCC2)c1ccccc1. The van der Waals surface area contributed by atoms with Gasteiger partial charge in [-0.15, -0.1) is 0 Å². The van der Waals surface area contributed by atoms with E-state index in [2.05, 4.69) is 34.8 Å². The number of urea groups is 1. The van der Waals surface area contributed by atoms with E-state index < -0.39 is 0 Å². The summed E-state index contributed by atoms with van der Waals surface area (Å²) in [7, 11) is 0.